The second-order valence-corrected chi connectivity index (χ2v) is 3.03. The number of pyridine rings is 1. The van der Waals surface area contributed by atoms with Crippen LogP contribution >= 0.6 is 23.4 Å². The lowest BCUT2D eigenvalue weighted by Gasteiger charge is -1.97. The molecule has 1 aromatic rings. The molecule has 4 heteroatoms. The zero-order valence-corrected chi connectivity index (χ0v) is 7.41. The molecule has 1 aromatic heterocycles. The Hall–Kier alpha value is -0.720. The third-order valence-electron chi connectivity index (χ3n) is 1.15. The molecule has 0 saturated heterocycles. The molecule has 0 atom stereocenters. The van der Waals surface area contributed by atoms with E-state index in [2.05, 4.69) is 4.98 Å². The van der Waals surface area contributed by atoms with Crippen LogP contribution in [0.15, 0.2) is 17.0 Å². The first kappa shape index (κ1) is 8.38. The molecule has 0 radical (unpaired) electrons. The summed E-state index contributed by atoms with van der Waals surface area (Å²) in [4.78, 5) is 4.70. The van der Waals surface area contributed by atoms with Gasteiger partial charge in [0.15, 0.2) is 5.69 Å². The van der Waals surface area contributed by atoms with Crippen LogP contribution in [0.2, 0.25) is 5.15 Å². The highest BCUT2D eigenvalue weighted by atomic mass is 35.5. The molecular formula is C7H5ClN2S. The average Bonchev–Trinajstić information content (AvgIpc) is 2.04. The van der Waals surface area contributed by atoms with Crippen molar-refractivity contribution >= 4 is 23.4 Å². The highest BCUT2D eigenvalue weighted by Crippen LogP contribution is 2.19. The molecule has 11 heavy (non-hydrogen) atoms. The Balaban J connectivity index is 3.19. The Labute approximate surface area is 74.2 Å². The third-order valence-corrected chi connectivity index (χ3v) is 2.13. The number of hydrogen-bond donors (Lipinski definition) is 0. The van der Waals surface area contributed by atoms with Crippen molar-refractivity contribution in [3.8, 4) is 6.07 Å². The van der Waals surface area contributed by atoms with Gasteiger partial charge in [-0.3, -0.25) is 0 Å². The van der Waals surface area contributed by atoms with Gasteiger partial charge in [0.25, 0.3) is 0 Å². The molecule has 0 N–H and O–H groups in total. The Morgan fingerprint density at radius 3 is 2.91 bits per heavy atom. The number of hydrogen-bond acceptors (Lipinski definition) is 3. The monoisotopic (exact) mass is 184 g/mol. The summed E-state index contributed by atoms with van der Waals surface area (Å²) in [5.41, 5.74) is 0.394. The number of aromatic nitrogens is 1. The summed E-state index contributed by atoms with van der Waals surface area (Å²) >= 11 is 7.07. The van der Waals surface area contributed by atoms with Gasteiger partial charge in [0.1, 0.15) is 11.2 Å². The highest BCUT2D eigenvalue weighted by molar-refractivity contribution is 7.98. The summed E-state index contributed by atoms with van der Waals surface area (Å²) in [5.74, 6) is 0. The first-order chi connectivity index (χ1) is 5.27. The number of thioether (sulfide) groups is 1. The van der Waals surface area contributed by atoms with Gasteiger partial charge in [0.2, 0.25) is 0 Å². The summed E-state index contributed by atoms with van der Waals surface area (Å²) in [6.07, 6.45) is 1.89. The molecule has 2 nitrogen and oxygen atoms in total. The smallest absolute Gasteiger partial charge is 0.155 e. The Morgan fingerprint density at radius 2 is 2.36 bits per heavy atom. The molecule has 56 valence electrons. The minimum atomic E-state index is 0.361. The minimum absolute atomic E-state index is 0.361. The molecule has 0 amide bonds. The lowest BCUT2D eigenvalue weighted by molar-refractivity contribution is 1.18. The molecule has 0 bridgehead atoms. The summed E-state index contributed by atoms with van der Waals surface area (Å²) in [5, 5.41) is 8.95. The fourth-order valence-corrected chi connectivity index (χ4v) is 1.30. The molecule has 0 unspecified atom stereocenters. The van der Waals surface area contributed by atoms with Crippen LogP contribution in [0.5, 0.6) is 0 Å². The Kier molecular flexibility index (Phi) is 2.75. The van der Waals surface area contributed by atoms with E-state index in [1.807, 2.05) is 12.3 Å². The van der Waals surface area contributed by atoms with E-state index >= 15 is 0 Å². The fourth-order valence-electron chi connectivity index (χ4n) is 0.667. The van der Waals surface area contributed by atoms with Crippen LogP contribution in [-0.2, 0) is 0 Å². The van der Waals surface area contributed by atoms with E-state index in [1.165, 1.54) is 11.8 Å². The fraction of sp³-hybridized carbons (Fsp3) is 0.143. The van der Waals surface area contributed by atoms with Crippen LogP contribution in [0.25, 0.3) is 0 Å². The summed E-state index contributed by atoms with van der Waals surface area (Å²) in [6, 6.07) is 5.44. The van der Waals surface area contributed by atoms with Crippen LogP contribution in [0, 0.1) is 11.3 Å². The summed E-state index contributed by atoms with van der Waals surface area (Å²) in [7, 11) is 0. The van der Waals surface area contributed by atoms with E-state index in [1.54, 1.807) is 12.1 Å². The van der Waals surface area contributed by atoms with E-state index in [4.69, 9.17) is 16.9 Å². The van der Waals surface area contributed by atoms with Gasteiger partial charge in [-0.2, -0.15) is 5.26 Å². The molecule has 0 fully saturated rings. The van der Waals surface area contributed by atoms with Gasteiger partial charge >= 0.3 is 0 Å². The lowest BCUT2D eigenvalue weighted by Crippen LogP contribution is -1.85. The number of nitriles is 1. The van der Waals surface area contributed by atoms with Crippen molar-refractivity contribution in [1.82, 2.24) is 4.98 Å². The van der Waals surface area contributed by atoms with Crippen molar-refractivity contribution in [2.24, 2.45) is 0 Å². The standard InChI is InChI=1S/C7H5ClN2S/c1-11-6-2-3-7(8)10-5(6)4-9/h2-3H,1H3. The van der Waals surface area contributed by atoms with Crippen LogP contribution in [0.3, 0.4) is 0 Å². The van der Waals surface area contributed by atoms with Gasteiger partial charge in [0, 0.05) is 4.90 Å². The second-order valence-electron chi connectivity index (χ2n) is 1.80. The normalized spacial score (nSPS) is 9.18. The predicted octanol–water partition coefficient (Wildman–Crippen LogP) is 2.33. The van der Waals surface area contributed by atoms with Gasteiger partial charge in [-0.15, -0.1) is 11.8 Å². The summed E-state index contributed by atoms with van der Waals surface area (Å²) < 4.78 is 0. The quantitative estimate of drug-likeness (QED) is 0.497. The zero-order chi connectivity index (χ0) is 8.27. The first-order valence-electron chi connectivity index (χ1n) is 2.88. The Bertz CT molecular complexity index is 306. The largest absolute Gasteiger partial charge is 0.224 e. The SMILES string of the molecule is CSc1ccc(Cl)nc1C#N. The van der Waals surface area contributed by atoms with Gasteiger partial charge in [-0.25, -0.2) is 4.98 Å². The van der Waals surface area contributed by atoms with E-state index in [0.717, 1.165) is 4.90 Å². The van der Waals surface area contributed by atoms with Crippen molar-refractivity contribution < 1.29 is 0 Å². The van der Waals surface area contributed by atoms with Crippen LogP contribution < -0.4 is 0 Å². The maximum Gasteiger partial charge on any atom is 0.155 e. The van der Waals surface area contributed by atoms with E-state index in [-0.39, 0.29) is 0 Å². The Morgan fingerprint density at radius 1 is 1.64 bits per heavy atom. The second kappa shape index (κ2) is 3.61. The van der Waals surface area contributed by atoms with Crippen LogP contribution in [-0.4, -0.2) is 11.2 Å². The molecule has 0 aliphatic carbocycles. The molecular weight excluding hydrogens is 180 g/mol. The topological polar surface area (TPSA) is 36.7 Å². The first-order valence-corrected chi connectivity index (χ1v) is 4.49. The number of rotatable bonds is 1. The van der Waals surface area contributed by atoms with Gasteiger partial charge < -0.3 is 0 Å². The molecule has 0 aliphatic heterocycles. The number of halogens is 1. The molecule has 0 saturated carbocycles. The highest BCUT2D eigenvalue weighted by Gasteiger charge is 2.01. The minimum Gasteiger partial charge on any atom is -0.224 e. The van der Waals surface area contributed by atoms with Gasteiger partial charge in [-0.05, 0) is 18.4 Å². The molecule has 1 heterocycles. The van der Waals surface area contributed by atoms with Crippen molar-refractivity contribution in [3.63, 3.8) is 0 Å². The van der Waals surface area contributed by atoms with Gasteiger partial charge in [0.05, 0.1) is 0 Å². The van der Waals surface area contributed by atoms with Crippen LogP contribution in [0.1, 0.15) is 5.69 Å². The molecule has 0 spiro atoms. The number of nitrogens with zero attached hydrogens (tertiary/aromatic N) is 2. The molecule has 0 aromatic carbocycles. The van der Waals surface area contributed by atoms with Crippen molar-refractivity contribution in [2.75, 3.05) is 6.26 Å². The van der Waals surface area contributed by atoms with Crippen molar-refractivity contribution in [2.45, 2.75) is 4.90 Å². The van der Waals surface area contributed by atoms with E-state index in [0.29, 0.717) is 10.8 Å². The third kappa shape index (κ3) is 1.86. The average molecular weight is 185 g/mol. The maximum atomic E-state index is 8.59. The van der Waals surface area contributed by atoms with Crippen LogP contribution in [0.4, 0.5) is 0 Å². The lowest BCUT2D eigenvalue weighted by atomic mass is 10.4. The molecule has 0 aliphatic rings. The van der Waals surface area contributed by atoms with Gasteiger partial charge in [-0.1, -0.05) is 11.6 Å². The zero-order valence-electron chi connectivity index (χ0n) is 5.84. The van der Waals surface area contributed by atoms with E-state index < -0.39 is 0 Å². The maximum absolute atomic E-state index is 8.59. The van der Waals surface area contributed by atoms with Crippen molar-refractivity contribution in [1.29, 1.82) is 5.26 Å². The summed E-state index contributed by atoms with van der Waals surface area (Å²) in [6.45, 7) is 0. The van der Waals surface area contributed by atoms with Crippen molar-refractivity contribution in [3.05, 3.63) is 23.0 Å². The molecule has 1 rings (SSSR count). The van der Waals surface area contributed by atoms with E-state index in [9.17, 15) is 0 Å². The predicted molar refractivity (Wildman–Crippen MR) is 45.7 cm³/mol.